The number of hydrogen-bond acceptors (Lipinski definition) is 3. The van der Waals surface area contributed by atoms with E-state index in [4.69, 9.17) is 4.74 Å². The number of hydrogen-bond donors (Lipinski definition) is 1. The predicted molar refractivity (Wildman–Crippen MR) is 89.7 cm³/mol. The van der Waals surface area contributed by atoms with Gasteiger partial charge in [0.15, 0.2) is 11.5 Å². The third-order valence-electron chi connectivity index (χ3n) is 3.96. The van der Waals surface area contributed by atoms with Gasteiger partial charge in [-0.3, -0.25) is 0 Å². The molecule has 22 heavy (non-hydrogen) atoms. The fourth-order valence-electron chi connectivity index (χ4n) is 2.67. The molecule has 0 bridgehead atoms. The first kappa shape index (κ1) is 14.3. The fraction of sp³-hybridized carbons (Fsp3) is 0.158. The second-order valence-electron chi connectivity index (χ2n) is 5.32. The van der Waals surface area contributed by atoms with Gasteiger partial charge in [0.25, 0.3) is 0 Å². The largest absolute Gasteiger partial charge is 0.504 e. The van der Waals surface area contributed by atoms with Crippen LogP contribution < -0.4 is 4.74 Å². The van der Waals surface area contributed by atoms with Gasteiger partial charge in [-0.1, -0.05) is 42.5 Å². The minimum Gasteiger partial charge on any atom is -0.504 e. The van der Waals surface area contributed by atoms with Crippen LogP contribution in [0, 0.1) is 0 Å². The topological polar surface area (TPSA) is 32.7 Å². The molecule has 1 aliphatic heterocycles. The molecule has 0 amide bonds. The highest BCUT2D eigenvalue weighted by Gasteiger charge is 2.20. The SMILES string of the molecule is COc1cc(/C=C/C2=CC=C3C=CC=CC3N2C)ccc1O. The first-order valence-corrected chi connectivity index (χ1v) is 7.24. The van der Waals surface area contributed by atoms with E-state index in [1.807, 2.05) is 18.2 Å². The Bertz CT molecular complexity index is 723. The van der Waals surface area contributed by atoms with E-state index in [1.165, 1.54) is 5.57 Å². The van der Waals surface area contributed by atoms with Crippen molar-refractivity contribution in [3.05, 3.63) is 77.6 Å². The Labute approximate surface area is 130 Å². The lowest BCUT2D eigenvalue weighted by atomic mass is 9.96. The number of benzene rings is 1. The molecule has 0 aromatic heterocycles. The first-order chi connectivity index (χ1) is 10.7. The Morgan fingerprint density at radius 3 is 2.86 bits per heavy atom. The van der Waals surface area contributed by atoms with Gasteiger partial charge in [0.1, 0.15) is 0 Å². The number of rotatable bonds is 3. The second kappa shape index (κ2) is 5.98. The van der Waals surface area contributed by atoms with Gasteiger partial charge < -0.3 is 14.7 Å². The van der Waals surface area contributed by atoms with Crippen LogP contribution >= 0.6 is 0 Å². The van der Waals surface area contributed by atoms with E-state index < -0.39 is 0 Å². The number of phenols is 1. The first-order valence-electron chi connectivity index (χ1n) is 7.24. The van der Waals surface area contributed by atoms with Crippen LogP contribution in [-0.4, -0.2) is 30.2 Å². The van der Waals surface area contributed by atoms with Crippen molar-refractivity contribution >= 4 is 6.08 Å². The Morgan fingerprint density at radius 1 is 1.18 bits per heavy atom. The van der Waals surface area contributed by atoms with Crippen molar-refractivity contribution in [1.82, 2.24) is 4.90 Å². The number of aromatic hydroxyl groups is 1. The van der Waals surface area contributed by atoms with Crippen LogP contribution in [0.4, 0.5) is 0 Å². The summed E-state index contributed by atoms with van der Waals surface area (Å²) in [5.74, 6) is 0.635. The zero-order valence-electron chi connectivity index (χ0n) is 12.7. The van der Waals surface area contributed by atoms with Crippen LogP contribution in [0.15, 0.2) is 72.0 Å². The Morgan fingerprint density at radius 2 is 2.05 bits per heavy atom. The highest BCUT2D eigenvalue weighted by atomic mass is 16.5. The number of allylic oxidation sites excluding steroid dienone is 5. The maximum atomic E-state index is 9.63. The molecule has 0 saturated carbocycles. The zero-order chi connectivity index (χ0) is 15.5. The minimum atomic E-state index is 0.153. The van der Waals surface area contributed by atoms with Crippen molar-refractivity contribution in [2.24, 2.45) is 0 Å². The summed E-state index contributed by atoms with van der Waals surface area (Å²) < 4.78 is 5.13. The summed E-state index contributed by atoms with van der Waals surface area (Å²) in [5.41, 5.74) is 3.42. The van der Waals surface area contributed by atoms with Gasteiger partial charge in [-0.05, 0) is 35.4 Å². The highest BCUT2D eigenvalue weighted by molar-refractivity contribution is 5.58. The lowest BCUT2D eigenvalue weighted by molar-refractivity contribution is 0.373. The number of nitrogens with zero attached hydrogens (tertiary/aromatic N) is 1. The molecule has 3 nitrogen and oxygen atoms in total. The summed E-state index contributed by atoms with van der Waals surface area (Å²) in [6, 6.07) is 5.62. The number of phenolic OH excluding ortho intramolecular Hbond substituents is 1. The summed E-state index contributed by atoms with van der Waals surface area (Å²) in [6.45, 7) is 0. The number of fused-ring (bicyclic) bond motifs is 1. The molecule has 1 aliphatic carbocycles. The fourth-order valence-corrected chi connectivity index (χ4v) is 2.67. The van der Waals surface area contributed by atoms with Gasteiger partial charge in [-0.15, -0.1) is 0 Å². The molecule has 1 heterocycles. The molecule has 1 N–H and O–H groups in total. The third-order valence-corrected chi connectivity index (χ3v) is 3.96. The van der Waals surface area contributed by atoms with Crippen molar-refractivity contribution in [1.29, 1.82) is 0 Å². The molecule has 0 spiro atoms. The molecule has 3 heteroatoms. The molecule has 112 valence electrons. The molecule has 0 saturated heterocycles. The lowest BCUT2D eigenvalue weighted by Gasteiger charge is -2.33. The van der Waals surface area contributed by atoms with E-state index >= 15 is 0 Å². The monoisotopic (exact) mass is 293 g/mol. The van der Waals surface area contributed by atoms with Crippen LogP contribution in [0.2, 0.25) is 0 Å². The second-order valence-corrected chi connectivity index (χ2v) is 5.32. The van der Waals surface area contributed by atoms with E-state index in [1.54, 1.807) is 13.2 Å². The van der Waals surface area contributed by atoms with E-state index in [0.717, 1.165) is 11.3 Å². The number of ether oxygens (including phenoxy) is 1. The quantitative estimate of drug-likeness (QED) is 0.923. The van der Waals surface area contributed by atoms with Crippen LogP contribution in [0.1, 0.15) is 5.56 Å². The Hall–Kier alpha value is -2.68. The summed E-state index contributed by atoms with van der Waals surface area (Å²) in [6.07, 6.45) is 16.8. The standard InChI is InChI=1S/C19H19NO2/c1-20-16(11-9-15-5-3-4-6-17(15)20)10-7-14-8-12-18(21)19(13-14)22-2/h3-13,17,21H,1-2H3/b10-7+. The maximum Gasteiger partial charge on any atom is 0.161 e. The smallest absolute Gasteiger partial charge is 0.161 e. The lowest BCUT2D eigenvalue weighted by Crippen LogP contribution is -2.32. The third kappa shape index (κ3) is 2.70. The van der Waals surface area contributed by atoms with Gasteiger partial charge in [0, 0.05) is 12.7 Å². The van der Waals surface area contributed by atoms with E-state index in [9.17, 15) is 5.11 Å². The molecule has 1 aromatic rings. The van der Waals surface area contributed by atoms with Gasteiger partial charge in [-0.25, -0.2) is 0 Å². The average molecular weight is 293 g/mol. The van der Waals surface area contributed by atoms with Gasteiger partial charge in [-0.2, -0.15) is 0 Å². The van der Waals surface area contributed by atoms with Crippen LogP contribution in [0.3, 0.4) is 0 Å². The minimum absolute atomic E-state index is 0.153. The molecule has 0 fully saturated rings. The summed E-state index contributed by atoms with van der Waals surface area (Å²) in [5, 5.41) is 9.63. The molecule has 1 atom stereocenters. The van der Waals surface area contributed by atoms with Gasteiger partial charge in [0.05, 0.1) is 13.2 Å². The summed E-state index contributed by atoms with van der Waals surface area (Å²) in [7, 11) is 3.64. The summed E-state index contributed by atoms with van der Waals surface area (Å²) >= 11 is 0. The van der Waals surface area contributed by atoms with E-state index in [-0.39, 0.29) is 5.75 Å². The van der Waals surface area contributed by atoms with Crippen LogP contribution in [0.25, 0.3) is 6.08 Å². The zero-order valence-corrected chi connectivity index (χ0v) is 12.7. The van der Waals surface area contributed by atoms with Crippen molar-refractivity contribution in [3.63, 3.8) is 0 Å². The Balaban J connectivity index is 1.83. The number of methoxy groups -OCH3 is 1. The molecular formula is C19H19NO2. The van der Waals surface area contributed by atoms with E-state index in [0.29, 0.717) is 11.8 Å². The van der Waals surface area contributed by atoms with Crippen molar-refractivity contribution in [2.75, 3.05) is 14.2 Å². The van der Waals surface area contributed by atoms with Crippen LogP contribution in [0.5, 0.6) is 11.5 Å². The normalized spacial score (nSPS) is 19.9. The molecule has 3 rings (SSSR count). The maximum absolute atomic E-state index is 9.63. The average Bonchev–Trinajstić information content (AvgIpc) is 2.56. The Kier molecular flexibility index (Phi) is 3.88. The molecule has 1 unspecified atom stereocenters. The van der Waals surface area contributed by atoms with Crippen LogP contribution in [-0.2, 0) is 0 Å². The number of likely N-dealkylation sites (N-methyl/N-ethyl adjacent to an activating group) is 1. The van der Waals surface area contributed by atoms with Crippen molar-refractivity contribution in [2.45, 2.75) is 6.04 Å². The van der Waals surface area contributed by atoms with Gasteiger partial charge in [0.2, 0.25) is 0 Å². The molecule has 0 radical (unpaired) electrons. The highest BCUT2D eigenvalue weighted by Crippen LogP contribution is 2.28. The molecule has 2 aliphatic rings. The van der Waals surface area contributed by atoms with Gasteiger partial charge >= 0.3 is 0 Å². The summed E-state index contributed by atoms with van der Waals surface area (Å²) in [4.78, 5) is 2.24. The van der Waals surface area contributed by atoms with E-state index in [2.05, 4.69) is 54.5 Å². The molecular weight excluding hydrogens is 274 g/mol. The van der Waals surface area contributed by atoms with Crippen molar-refractivity contribution in [3.8, 4) is 11.5 Å². The molecule has 1 aromatic carbocycles. The van der Waals surface area contributed by atoms with Crippen molar-refractivity contribution < 1.29 is 9.84 Å². The predicted octanol–water partition coefficient (Wildman–Crippen LogP) is 3.66.